The number of fused-ring (bicyclic) bond motifs is 1. The SMILES string of the molecule is COc1c(C)cc(C2(c3cccc(-c4cncnc4)c3)N=C(N)c3nccnc32)cc1F. The van der Waals surface area contributed by atoms with Crippen LogP contribution in [0.15, 0.2) is 72.5 Å². The molecule has 7 nitrogen and oxygen atoms in total. The summed E-state index contributed by atoms with van der Waals surface area (Å²) in [5.41, 5.74) is 9.86. The number of nitrogens with two attached hydrogens (primary N) is 1. The lowest BCUT2D eigenvalue weighted by Crippen LogP contribution is -2.27. The molecule has 0 aliphatic carbocycles. The second-order valence-electron chi connectivity index (χ2n) is 7.48. The number of methoxy groups -OCH3 is 1. The standard InChI is InChI=1S/C24H19FN6O/c1-14-8-18(10-19(25)21(14)32-2)24(22-20(23(26)31-24)29-6-7-30-22)17-5-3-4-15(9-17)16-11-27-13-28-12-16/h3-13H,1-2H3,(H2,26,31). The first-order valence-electron chi connectivity index (χ1n) is 9.92. The molecule has 2 N–H and O–H groups in total. The van der Waals surface area contributed by atoms with Crippen molar-refractivity contribution in [2.75, 3.05) is 7.11 Å². The summed E-state index contributed by atoms with van der Waals surface area (Å²) < 4.78 is 20.2. The number of aryl methyl sites for hydroxylation is 1. The van der Waals surface area contributed by atoms with Crippen LogP contribution in [0, 0.1) is 12.7 Å². The molecule has 3 heterocycles. The minimum atomic E-state index is -1.17. The second-order valence-corrected chi connectivity index (χ2v) is 7.48. The highest BCUT2D eigenvalue weighted by molar-refractivity contribution is 6.01. The van der Waals surface area contributed by atoms with E-state index >= 15 is 4.39 Å². The Labute approximate surface area is 183 Å². The fourth-order valence-electron chi connectivity index (χ4n) is 4.22. The van der Waals surface area contributed by atoms with Crippen molar-refractivity contribution in [3.63, 3.8) is 0 Å². The van der Waals surface area contributed by atoms with E-state index in [1.807, 2.05) is 30.3 Å². The van der Waals surface area contributed by atoms with Crippen LogP contribution >= 0.6 is 0 Å². The number of hydrogen-bond donors (Lipinski definition) is 1. The van der Waals surface area contributed by atoms with Crippen molar-refractivity contribution >= 4 is 5.84 Å². The molecule has 1 aliphatic rings. The second kappa shape index (κ2) is 7.49. The van der Waals surface area contributed by atoms with Gasteiger partial charge in [-0.05, 0) is 47.4 Å². The van der Waals surface area contributed by atoms with Crippen molar-refractivity contribution in [3.05, 3.63) is 101 Å². The van der Waals surface area contributed by atoms with E-state index in [9.17, 15) is 0 Å². The average Bonchev–Trinajstić information content (AvgIpc) is 3.13. The zero-order chi connectivity index (χ0) is 22.3. The molecule has 0 radical (unpaired) electrons. The van der Waals surface area contributed by atoms with Crippen LogP contribution in [0.4, 0.5) is 4.39 Å². The molecule has 158 valence electrons. The fraction of sp³-hybridized carbons (Fsp3) is 0.125. The van der Waals surface area contributed by atoms with Gasteiger partial charge in [-0.1, -0.05) is 18.2 Å². The van der Waals surface area contributed by atoms with Crippen molar-refractivity contribution in [3.8, 4) is 16.9 Å². The first-order valence-corrected chi connectivity index (χ1v) is 9.92. The van der Waals surface area contributed by atoms with Gasteiger partial charge < -0.3 is 10.5 Å². The van der Waals surface area contributed by atoms with Gasteiger partial charge >= 0.3 is 0 Å². The fourth-order valence-corrected chi connectivity index (χ4v) is 4.22. The third-order valence-electron chi connectivity index (χ3n) is 5.60. The van der Waals surface area contributed by atoms with Gasteiger partial charge in [0.05, 0.1) is 7.11 Å². The molecule has 1 aliphatic heterocycles. The minimum absolute atomic E-state index is 0.188. The molecule has 1 unspecified atom stereocenters. The third kappa shape index (κ3) is 2.91. The van der Waals surface area contributed by atoms with Gasteiger partial charge in [0.15, 0.2) is 17.1 Å². The van der Waals surface area contributed by atoms with Crippen LogP contribution in [-0.2, 0) is 5.54 Å². The zero-order valence-corrected chi connectivity index (χ0v) is 17.5. The molecule has 2 aromatic heterocycles. The molecule has 8 heteroatoms. The number of amidine groups is 1. The summed E-state index contributed by atoms with van der Waals surface area (Å²) in [6.45, 7) is 1.79. The first-order chi connectivity index (χ1) is 15.5. The molecule has 0 spiro atoms. The summed E-state index contributed by atoms with van der Waals surface area (Å²) >= 11 is 0. The van der Waals surface area contributed by atoms with Gasteiger partial charge in [-0.2, -0.15) is 0 Å². The highest BCUT2D eigenvalue weighted by Crippen LogP contribution is 2.46. The van der Waals surface area contributed by atoms with Crippen LogP contribution in [0.3, 0.4) is 0 Å². The normalized spacial score (nSPS) is 17.0. The lowest BCUT2D eigenvalue weighted by atomic mass is 9.79. The third-order valence-corrected chi connectivity index (χ3v) is 5.60. The van der Waals surface area contributed by atoms with E-state index in [-0.39, 0.29) is 11.6 Å². The van der Waals surface area contributed by atoms with Crippen LogP contribution in [0.2, 0.25) is 0 Å². The number of ether oxygens (including phenoxy) is 1. The van der Waals surface area contributed by atoms with E-state index in [4.69, 9.17) is 15.5 Å². The Morgan fingerprint density at radius 1 is 0.969 bits per heavy atom. The van der Waals surface area contributed by atoms with Crippen LogP contribution in [0.5, 0.6) is 5.75 Å². The highest BCUT2D eigenvalue weighted by atomic mass is 19.1. The van der Waals surface area contributed by atoms with Gasteiger partial charge in [-0.3, -0.25) is 4.98 Å². The van der Waals surface area contributed by atoms with Gasteiger partial charge in [0, 0.05) is 30.4 Å². The molecular weight excluding hydrogens is 407 g/mol. The Bertz CT molecular complexity index is 1330. The minimum Gasteiger partial charge on any atom is -0.493 e. The van der Waals surface area contributed by atoms with Crippen LogP contribution < -0.4 is 10.5 Å². The van der Waals surface area contributed by atoms with Gasteiger partial charge in [0.2, 0.25) is 0 Å². The lowest BCUT2D eigenvalue weighted by molar-refractivity contribution is 0.382. The van der Waals surface area contributed by atoms with E-state index < -0.39 is 11.4 Å². The number of nitrogens with zero attached hydrogens (tertiary/aromatic N) is 5. The monoisotopic (exact) mass is 426 g/mol. The van der Waals surface area contributed by atoms with Crippen molar-refractivity contribution in [2.45, 2.75) is 12.5 Å². The predicted molar refractivity (Wildman–Crippen MR) is 118 cm³/mol. The Balaban J connectivity index is 1.82. The number of benzene rings is 2. The summed E-state index contributed by atoms with van der Waals surface area (Å²) in [6.07, 6.45) is 8.09. The maximum Gasteiger partial charge on any atom is 0.165 e. The van der Waals surface area contributed by atoms with Crippen LogP contribution in [0.25, 0.3) is 11.1 Å². The lowest BCUT2D eigenvalue weighted by Gasteiger charge is -2.29. The van der Waals surface area contributed by atoms with Gasteiger partial charge in [-0.25, -0.2) is 24.3 Å². The molecule has 0 amide bonds. The molecule has 32 heavy (non-hydrogen) atoms. The topological polar surface area (TPSA) is 99.2 Å². The molecule has 0 fully saturated rings. The van der Waals surface area contributed by atoms with Gasteiger partial charge in [0.1, 0.15) is 23.6 Å². The molecular formula is C24H19FN6O. The summed E-state index contributed by atoms with van der Waals surface area (Å²) in [5, 5.41) is 0. The quantitative estimate of drug-likeness (QED) is 0.537. The Morgan fingerprint density at radius 2 is 1.75 bits per heavy atom. The van der Waals surface area contributed by atoms with Crippen molar-refractivity contribution < 1.29 is 9.13 Å². The predicted octanol–water partition coefficient (Wildman–Crippen LogP) is 3.40. The van der Waals surface area contributed by atoms with Gasteiger partial charge in [-0.15, -0.1) is 0 Å². The Hall–Kier alpha value is -4.20. The molecule has 0 saturated heterocycles. The summed E-state index contributed by atoms with van der Waals surface area (Å²) in [5.74, 6) is -0.0515. The summed E-state index contributed by atoms with van der Waals surface area (Å²) in [4.78, 5) is 22.0. The van der Waals surface area contributed by atoms with E-state index in [0.717, 1.165) is 16.7 Å². The van der Waals surface area contributed by atoms with E-state index in [1.54, 1.807) is 31.7 Å². The van der Waals surface area contributed by atoms with E-state index in [0.29, 0.717) is 22.5 Å². The molecule has 2 aromatic carbocycles. The summed E-state index contributed by atoms with van der Waals surface area (Å²) in [6, 6.07) is 11.0. The highest BCUT2D eigenvalue weighted by Gasteiger charge is 2.46. The van der Waals surface area contributed by atoms with Crippen LogP contribution in [0.1, 0.15) is 28.1 Å². The van der Waals surface area contributed by atoms with Crippen LogP contribution in [-0.4, -0.2) is 32.9 Å². The smallest absolute Gasteiger partial charge is 0.165 e. The largest absolute Gasteiger partial charge is 0.493 e. The first kappa shape index (κ1) is 19.7. The zero-order valence-electron chi connectivity index (χ0n) is 17.5. The Kier molecular flexibility index (Phi) is 4.62. The maximum absolute atomic E-state index is 15.0. The summed E-state index contributed by atoms with van der Waals surface area (Å²) in [7, 11) is 1.44. The molecule has 4 aromatic rings. The average molecular weight is 426 g/mol. The van der Waals surface area contributed by atoms with Crippen molar-refractivity contribution in [1.29, 1.82) is 0 Å². The molecule has 0 saturated carbocycles. The molecule has 5 rings (SSSR count). The number of rotatable bonds is 4. The maximum atomic E-state index is 15.0. The number of halogens is 1. The van der Waals surface area contributed by atoms with E-state index in [1.165, 1.54) is 19.5 Å². The number of aliphatic imine (C=N–C) groups is 1. The molecule has 0 bridgehead atoms. The van der Waals surface area contributed by atoms with Crippen molar-refractivity contribution in [2.24, 2.45) is 10.7 Å². The van der Waals surface area contributed by atoms with E-state index in [2.05, 4.69) is 19.9 Å². The number of hydrogen-bond acceptors (Lipinski definition) is 7. The Morgan fingerprint density at radius 3 is 2.50 bits per heavy atom. The van der Waals surface area contributed by atoms with Crippen molar-refractivity contribution in [1.82, 2.24) is 19.9 Å². The number of aromatic nitrogens is 4. The molecule has 1 atom stereocenters. The van der Waals surface area contributed by atoms with Gasteiger partial charge in [0.25, 0.3) is 0 Å².